The summed E-state index contributed by atoms with van der Waals surface area (Å²) in [4.78, 5) is 4.58. The molecule has 0 radical (unpaired) electrons. The second-order valence-electron chi connectivity index (χ2n) is 5.14. The number of furan rings is 1. The van der Waals surface area contributed by atoms with Gasteiger partial charge >= 0.3 is 0 Å². The molecule has 0 unspecified atom stereocenters. The van der Waals surface area contributed by atoms with Crippen LogP contribution >= 0.6 is 11.3 Å². The third-order valence-corrected chi connectivity index (χ3v) is 4.04. The van der Waals surface area contributed by atoms with Gasteiger partial charge in [0.25, 0.3) is 0 Å². The van der Waals surface area contributed by atoms with Gasteiger partial charge in [0.15, 0.2) is 10.8 Å². The van der Waals surface area contributed by atoms with Gasteiger partial charge in [-0.05, 0) is 31.5 Å². The Morgan fingerprint density at radius 3 is 3.10 bits per heavy atom. The molecule has 1 atom stereocenters. The zero-order valence-electron chi connectivity index (χ0n) is 12.1. The van der Waals surface area contributed by atoms with Gasteiger partial charge in [-0.1, -0.05) is 0 Å². The molecular weight excluding hydrogens is 284 g/mol. The minimum atomic E-state index is 0.332. The van der Waals surface area contributed by atoms with E-state index >= 15 is 0 Å². The molecule has 3 heterocycles. The molecule has 6 heteroatoms. The second kappa shape index (κ2) is 6.24. The Kier molecular flexibility index (Phi) is 4.17. The first-order valence-corrected chi connectivity index (χ1v) is 7.79. The van der Waals surface area contributed by atoms with E-state index in [1.54, 1.807) is 17.6 Å². The van der Waals surface area contributed by atoms with Gasteiger partial charge in [0, 0.05) is 24.2 Å². The van der Waals surface area contributed by atoms with E-state index in [9.17, 15) is 0 Å². The summed E-state index contributed by atoms with van der Waals surface area (Å²) in [6, 6.07) is 4.14. The standard InChI is InChI=1S/C15H18N4OS/c1-11-6-17-19(8-11)9-12(2)16-7-13-10-21-15(18-13)14-4-3-5-20-14/h3-6,8,10,12,16H,7,9H2,1-2H3/t12-/m1/s1. The fourth-order valence-corrected chi connectivity index (χ4v) is 2.88. The fourth-order valence-electron chi connectivity index (χ4n) is 2.09. The molecule has 3 rings (SSSR count). The zero-order valence-corrected chi connectivity index (χ0v) is 12.9. The normalized spacial score (nSPS) is 12.7. The van der Waals surface area contributed by atoms with E-state index in [1.807, 2.05) is 29.9 Å². The first kappa shape index (κ1) is 14.0. The monoisotopic (exact) mass is 302 g/mol. The lowest BCUT2D eigenvalue weighted by molar-refractivity contribution is 0.449. The Morgan fingerprint density at radius 2 is 2.38 bits per heavy atom. The van der Waals surface area contributed by atoms with E-state index in [0.717, 1.165) is 29.6 Å². The van der Waals surface area contributed by atoms with Gasteiger partial charge in [0.2, 0.25) is 0 Å². The summed E-state index contributed by atoms with van der Waals surface area (Å²) in [5.74, 6) is 0.825. The number of nitrogens with zero attached hydrogens (tertiary/aromatic N) is 3. The molecular formula is C15H18N4OS. The average molecular weight is 302 g/mol. The summed E-state index contributed by atoms with van der Waals surface area (Å²) in [6.45, 7) is 5.80. The summed E-state index contributed by atoms with van der Waals surface area (Å²) in [5.41, 5.74) is 2.22. The molecule has 0 aliphatic heterocycles. The summed E-state index contributed by atoms with van der Waals surface area (Å²) in [7, 11) is 0. The Hall–Kier alpha value is -1.92. The molecule has 5 nitrogen and oxygen atoms in total. The van der Waals surface area contributed by atoms with Gasteiger partial charge in [0.1, 0.15) is 0 Å². The lowest BCUT2D eigenvalue weighted by Gasteiger charge is -2.12. The first-order valence-electron chi connectivity index (χ1n) is 6.91. The largest absolute Gasteiger partial charge is 0.462 e. The highest BCUT2D eigenvalue weighted by atomic mass is 32.1. The SMILES string of the molecule is Cc1cnn(C[C@@H](C)NCc2csc(-c3ccco3)n2)c1. The Bertz CT molecular complexity index is 686. The lowest BCUT2D eigenvalue weighted by Crippen LogP contribution is -2.30. The first-order chi connectivity index (χ1) is 10.2. The van der Waals surface area contributed by atoms with Crippen LogP contribution in [0.1, 0.15) is 18.2 Å². The number of hydrogen-bond acceptors (Lipinski definition) is 5. The van der Waals surface area contributed by atoms with Crippen LogP contribution in [0.2, 0.25) is 0 Å². The molecule has 110 valence electrons. The molecule has 0 aliphatic rings. The molecule has 0 amide bonds. The van der Waals surface area contributed by atoms with E-state index in [-0.39, 0.29) is 0 Å². The van der Waals surface area contributed by atoms with Crippen LogP contribution in [0.15, 0.2) is 40.6 Å². The van der Waals surface area contributed by atoms with Crippen molar-refractivity contribution in [1.82, 2.24) is 20.1 Å². The van der Waals surface area contributed by atoms with Crippen LogP contribution in [0.3, 0.4) is 0 Å². The van der Waals surface area contributed by atoms with Crippen LogP contribution in [0.5, 0.6) is 0 Å². The van der Waals surface area contributed by atoms with Crippen molar-refractivity contribution in [3.63, 3.8) is 0 Å². The number of thiazole rings is 1. The summed E-state index contributed by atoms with van der Waals surface area (Å²) in [6.07, 6.45) is 5.60. The van der Waals surface area contributed by atoms with Crippen molar-refractivity contribution in [3.05, 3.63) is 47.4 Å². The van der Waals surface area contributed by atoms with Gasteiger partial charge in [-0.15, -0.1) is 11.3 Å². The number of aryl methyl sites for hydroxylation is 1. The molecule has 0 aliphatic carbocycles. The molecule has 3 aromatic rings. The predicted octanol–water partition coefficient (Wildman–Crippen LogP) is 3.09. The van der Waals surface area contributed by atoms with Crippen molar-refractivity contribution in [2.24, 2.45) is 0 Å². The Balaban J connectivity index is 1.53. The van der Waals surface area contributed by atoms with Gasteiger partial charge in [-0.3, -0.25) is 4.68 Å². The molecule has 3 aromatic heterocycles. The zero-order chi connectivity index (χ0) is 14.7. The highest BCUT2D eigenvalue weighted by Gasteiger charge is 2.08. The summed E-state index contributed by atoms with van der Waals surface area (Å²) in [5, 5.41) is 10.8. The molecule has 0 saturated heterocycles. The van der Waals surface area contributed by atoms with Crippen molar-refractivity contribution in [2.45, 2.75) is 33.0 Å². The average Bonchev–Trinajstić information content (AvgIpc) is 3.17. The maximum atomic E-state index is 5.36. The van der Waals surface area contributed by atoms with E-state index in [2.05, 4.69) is 33.9 Å². The molecule has 1 N–H and O–H groups in total. The number of hydrogen-bond donors (Lipinski definition) is 1. The van der Waals surface area contributed by atoms with E-state index in [4.69, 9.17) is 4.42 Å². The van der Waals surface area contributed by atoms with Gasteiger partial charge in [0.05, 0.1) is 24.7 Å². The highest BCUT2D eigenvalue weighted by Crippen LogP contribution is 2.23. The van der Waals surface area contributed by atoms with Gasteiger partial charge in [-0.25, -0.2) is 4.98 Å². The maximum absolute atomic E-state index is 5.36. The fraction of sp³-hybridized carbons (Fsp3) is 0.333. The molecule has 21 heavy (non-hydrogen) atoms. The number of rotatable bonds is 6. The Morgan fingerprint density at radius 1 is 1.48 bits per heavy atom. The summed E-state index contributed by atoms with van der Waals surface area (Å²) < 4.78 is 7.32. The third-order valence-electron chi connectivity index (χ3n) is 3.14. The molecule has 0 spiro atoms. The van der Waals surface area contributed by atoms with Gasteiger partial charge < -0.3 is 9.73 Å². The van der Waals surface area contributed by atoms with Crippen molar-refractivity contribution in [2.75, 3.05) is 0 Å². The molecule has 0 saturated carbocycles. The lowest BCUT2D eigenvalue weighted by atomic mass is 10.3. The summed E-state index contributed by atoms with van der Waals surface area (Å²) >= 11 is 1.60. The van der Waals surface area contributed by atoms with E-state index in [1.165, 1.54) is 5.56 Å². The van der Waals surface area contributed by atoms with Crippen LogP contribution in [0.25, 0.3) is 10.8 Å². The number of nitrogens with one attached hydrogen (secondary N) is 1. The molecule has 0 fully saturated rings. The van der Waals surface area contributed by atoms with E-state index < -0.39 is 0 Å². The van der Waals surface area contributed by atoms with Crippen molar-refractivity contribution in [1.29, 1.82) is 0 Å². The van der Waals surface area contributed by atoms with Crippen LogP contribution in [0, 0.1) is 6.92 Å². The highest BCUT2D eigenvalue weighted by molar-refractivity contribution is 7.13. The van der Waals surface area contributed by atoms with Crippen LogP contribution in [0.4, 0.5) is 0 Å². The van der Waals surface area contributed by atoms with Crippen molar-refractivity contribution in [3.8, 4) is 10.8 Å². The van der Waals surface area contributed by atoms with Crippen LogP contribution in [-0.4, -0.2) is 20.8 Å². The maximum Gasteiger partial charge on any atom is 0.162 e. The Labute approximate surface area is 127 Å². The molecule has 0 aromatic carbocycles. The van der Waals surface area contributed by atoms with Crippen LogP contribution < -0.4 is 5.32 Å². The minimum absolute atomic E-state index is 0.332. The van der Waals surface area contributed by atoms with Crippen molar-refractivity contribution >= 4 is 11.3 Å². The van der Waals surface area contributed by atoms with Gasteiger partial charge in [-0.2, -0.15) is 5.10 Å². The second-order valence-corrected chi connectivity index (χ2v) is 6.00. The van der Waals surface area contributed by atoms with Crippen LogP contribution in [-0.2, 0) is 13.1 Å². The predicted molar refractivity (Wildman–Crippen MR) is 83.1 cm³/mol. The molecule has 0 bridgehead atoms. The van der Waals surface area contributed by atoms with E-state index in [0.29, 0.717) is 6.04 Å². The third kappa shape index (κ3) is 3.59. The topological polar surface area (TPSA) is 55.9 Å². The van der Waals surface area contributed by atoms with Crippen molar-refractivity contribution < 1.29 is 4.42 Å². The quantitative estimate of drug-likeness (QED) is 0.760. The smallest absolute Gasteiger partial charge is 0.162 e. The number of aromatic nitrogens is 3. The minimum Gasteiger partial charge on any atom is -0.462 e.